The fourth-order valence-electron chi connectivity index (χ4n) is 2.36. The van der Waals surface area contributed by atoms with Gasteiger partial charge in [-0.15, -0.1) is 0 Å². The number of carbonyl (C=O) groups is 2. The minimum absolute atomic E-state index is 0.000725. The summed E-state index contributed by atoms with van der Waals surface area (Å²) in [5.41, 5.74) is -0.535. The van der Waals surface area contributed by atoms with Crippen LogP contribution in [0.5, 0.6) is 0 Å². The van der Waals surface area contributed by atoms with Crippen LogP contribution in [0.15, 0.2) is 48.5 Å². The van der Waals surface area contributed by atoms with Gasteiger partial charge in [0.05, 0.1) is 5.56 Å². The van der Waals surface area contributed by atoms with Crippen LogP contribution in [0, 0.1) is 5.82 Å². The van der Waals surface area contributed by atoms with Crippen molar-refractivity contribution in [1.29, 1.82) is 0 Å². The van der Waals surface area contributed by atoms with Gasteiger partial charge in [-0.3, -0.25) is 4.79 Å². The molecule has 0 aliphatic carbocycles. The van der Waals surface area contributed by atoms with Crippen LogP contribution in [0.1, 0.15) is 32.4 Å². The molecule has 0 aromatic heterocycles. The highest BCUT2D eigenvalue weighted by atomic mass is 19.3. The quantitative estimate of drug-likeness (QED) is 0.643. The lowest BCUT2D eigenvalue weighted by Crippen LogP contribution is -2.36. The van der Waals surface area contributed by atoms with Crippen molar-refractivity contribution in [2.75, 3.05) is 0 Å². The number of halogens is 3. The number of hydrogen-bond donors (Lipinski definition) is 0. The van der Waals surface area contributed by atoms with Crippen molar-refractivity contribution in [3.05, 3.63) is 71.0 Å². The third-order valence-electron chi connectivity index (χ3n) is 3.41. The zero-order valence-electron chi connectivity index (χ0n) is 11.1. The van der Waals surface area contributed by atoms with E-state index in [2.05, 4.69) is 4.74 Å². The summed E-state index contributed by atoms with van der Waals surface area (Å²) in [5, 5.41) is 0. The van der Waals surface area contributed by atoms with Crippen molar-refractivity contribution in [3.63, 3.8) is 0 Å². The van der Waals surface area contributed by atoms with Crippen LogP contribution >= 0.6 is 0 Å². The maximum Gasteiger partial charge on any atom is 0.349 e. The second-order valence-electron chi connectivity index (χ2n) is 4.84. The van der Waals surface area contributed by atoms with E-state index in [0.717, 1.165) is 24.3 Å². The first kappa shape index (κ1) is 14.3. The van der Waals surface area contributed by atoms with Crippen molar-refractivity contribution < 1.29 is 27.5 Å². The van der Waals surface area contributed by atoms with E-state index >= 15 is 0 Å². The predicted octanol–water partition coefficient (Wildman–Crippen LogP) is 3.56. The Morgan fingerprint density at radius 2 is 1.82 bits per heavy atom. The molecule has 3 nitrogen and oxygen atoms in total. The Morgan fingerprint density at radius 1 is 1.09 bits per heavy atom. The summed E-state index contributed by atoms with van der Waals surface area (Å²) in [5.74, 6) is -7.30. The number of hydrogen-bond acceptors (Lipinski definition) is 3. The van der Waals surface area contributed by atoms with Crippen molar-refractivity contribution in [1.82, 2.24) is 0 Å². The first-order valence-electron chi connectivity index (χ1n) is 6.39. The van der Waals surface area contributed by atoms with E-state index in [4.69, 9.17) is 0 Å². The van der Waals surface area contributed by atoms with Crippen LogP contribution in [-0.4, -0.2) is 17.7 Å². The molecule has 2 aromatic carbocycles. The molecule has 0 radical (unpaired) electrons. The van der Waals surface area contributed by atoms with Gasteiger partial charge < -0.3 is 4.74 Å². The van der Waals surface area contributed by atoms with Crippen LogP contribution in [-0.2, 0) is 4.74 Å². The summed E-state index contributed by atoms with van der Waals surface area (Å²) in [7, 11) is 0. The molecule has 0 spiro atoms. The molecule has 22 heavy (non-hydrogen) atoms. The summed E-state index contributed by atoms with van der Waals surface area (Å²) in [6.07, 6.45) is -2.01. The van der Waals surface area contributed by atoms with Gasteiger partial charge in [0.25, 0.3) is 0 Å². The summed E-state index contributed by atoms with van der Waals surface area (Å²) in [6.45, 7) is 0. The van der Waals surface area contributed by atoms with E-state index in [1.54, 1.807) is 0 Å². The van der Waals surface area contributed by atoms with E-state index in [9.17, 15) is 22.8 Å². The lowest BCUT2D eigenvalue weighted by Gasteiger charge is -2.21. The number of alkyl halides is 2. The molecule has 0 N–H and O–H groups in total. The third-order valence-corrected chi connectivity index (χ3v) is 3.41. The second-order valence-corrected chi connectivity index (χ2v) is 4.84. The molecule has 0 unspecified atom stereocenters. The molecule has 6 heteroatoms. The van der Waals surface area contributed by atoms with Gasteiger partial charge in [-0.05, 0) is 18.2 Å². The molecule has 0 amide bonds. The van der Waals surface area contributed by atoms with Gasteiger partial charge >= 0.3 is 11.9 Å². The Bertz CT molecular complexity index is 771. The Morgan fingerprint density at radius 3 is 2.55 bits per heavy atom. The molecule has 1 atom stereocenters. The normalized spacial score (nSPS) is 17.0. The topological polar surface area (TPSA) is 43.4 Å². The summed E-state index contributed by atoms with van der Waals surface area (Å²) < 4.78 is 46.7. The standard InChI is InChI=1S/C16H9F3O3/c17-10-5-3-4-9(8-10)13(20)16(18,19)14-11-6-1-2-7-12(11)15(21)22-14/h1-8,14H/t14-/m1/s1. The zero-order valence-corrected chi connectivity index (χ0v) is 11.1. The number of esters is 1. The van der Waals surface area contributed by atoms with Crippen LogP contribution in [0.4, 0.5) is 13.2 Å². The highest BCUT2D eigenvalue weighted by Gasteiger charge is 2.54. The van der Waals surface area contributed by atoms with Crippen molar-refractivity contribution >= 4 is 11.8 Å². The van der Waals surface area contributed by atoms with Gasteiger partial charge in [-0.1, -0.05) is 30.3 Å². The minimum atomic E-state index is -3.99. The first-order chi connectivity index (χ1) is 10.4. The molecule has 2 aromatic rings. The lowest BCUT2D eigenvalue weighted by molar-refractivity contribution is -0.0820. The largest absolute Gasteiger partial charge is 0.447 e. The van der Waals surface area contributed by atoms with Gasteiger partial charge in [0.1, 0.15) is 5.82 Å². The highest BCUT2D eigenvalue weighted by Crippen LogP contribution is 2.43. The van der Waals surface area contributed by atoms with Gasteiger partial charge in [0, 0.05) is 11.1 Å². The molecule has 0 bridgehead atoms. The van der Waals surface area contributed by atoms with E-state index in [1.165, 1.54) is 24.3 Å². The average Bonchev–Trinajstić information content (AvgIpc) is 2.85. The fourth-order valence-corrected chi connectivity index (χ4v) is 2.36. The molecule has 1 aliphatic rings. The SMILES string of the molecule is O=C1O[C@@H](C(F)(F)C(=O)c2cccc(F)c2)c2ccccc21. The molecule has 0 saturated heterocycles. The van der Waals surface area contributed by atoms with Crippen LogP contribution in [0.25, 0.3) is 0 Å². The monoisotopic (exact) mass is 306 g/mol. The highest BCUT2D eigenvalue weighted by molar-refractivity contribution is 6.03. The van der Waals surface area contributed by atoms with Crippen molar-refractivity contribution in [2.24, 2.45) is 0 Å². The average molecular weight is 306 g/mol. The van der Waals surface area contributed by atoms with Gasteiger partial charge in [0.2, 0.25) is 5.78 Å². The van der Waals surface area contributed by atoms with Crippen molar-refractivity contribution in [2.45, 2.75) is 12.0 Å². The van der Waals surface area contributed by atoms with E-state index in [-0.39, 0.29) is 11.1 Å². The number of rotatable bonds is 3. The van der Waals surface area contributed by atoms with Crippen molar-refractivity contribution in [3.8, 4) is 0 Å². The van der Waals surface area contributed by atoms with Crippen LogP contribution in [0.2, 0.25) is 0 Å². The number of fused-ring (bicyclic) bond motifs is 1. The number of ether oxygens (including phenoxy) is 1. The van der Waals surface area contributed by atoms with E-state index in [0.29, 0.717) is 0 Å². The zero-order chi connectivity index (χ0) is 15.9. The summed E-state index contributed by atoms with van der Waals surface area (Å²) in [4.78, 5) is 23.6. The maximum absolute atomic E-state index is 14.4. The molecule has 1 heterocycles. The lowest BCUT2D eigenvalue weighted by atomic mass is 9.95. The number of Topliss-reactive ketones (excluding diaryl/α,β-unsaturated/α-hetero) is 1. The van der Waals surface area contributed by atoms with Crippen LogP contribution < -0.4 is 0 Å². The van der Waals surface area contributed by atoms with E-state index in [1.807, 2.05) is 0 Å². The first-order valence-corrected chi connectivity index (χ1v) is 6.39. The third kappa shape index (κ3) is 2.16. The molecule has 0 saturated carbocycles. The van der Waals surface area contributed by atoms with Gasteiger partial charge in [0.15, 0.2) is 6.10 Å². The molecular weight excluding hydrogens is 297 g/mol. The summed E-state index contributed by atoms with van der Waals surface area (Å²) in [6, 6.07) is 9.64. The predicted molar refractivity (Wildman–Crippen MR) is 70.3 cm³/mol. The van der Waals surface area contributed by atoms with Crippen LogP contribution in [0.3, 0.4) is 0 Å². The Kier molecular flexibility index (Phi) is 3.24. The number of cyclic esters (lactones) is 1. The molecular formula is C16H9F3O3. The maximum atomic E-state index is 14.4. The Labute approximate surface area is 123 Å². The van der Waals surface area contributed by atoms with Gasteiger partial charge in [-0.2, -0.15) is 8.78 Å². The number of benzene rings is 2. The number of ketones is 1. The molecule has 3 rings (SSSR count). The molecule has 0 fully saturated rings. The van der Waals surface area contributed by atoms with Gasteiger partial charge in [-0.25, -0.2) is 9.18 Å². The Hall–Kier alpha value is -2.63. The summed E-state index contributed by atoms with van der Waals surface area (Å²) >= 11 is 0. The minimum Gasteiger partial charge on any atom is -0.447 e. The molecule has 112 valence electrons. The van der Waals surface area contributed by atoms with E-state index < -0.39 is 35.2 Å². The fraction of sp³-hybridized carbons (Fsp3) is 0.125. The number of carbonyl (C=O) groups excluding carboxylic acids is 2. The smallest absolute Gasteiger partial charge is 0.349 e. The molecule has 1 aliphatic heterocycles. The second kappa shape index (κ2) is 4.98. The Balaban J connectivity index is 2.00.